The van der Waals surface area contributed by atoms with Crippen LogP contribution < -0.4 is 5.73 Å². The van der Waals surface area contributed by atoms with Crippen molar-refractivity contribution in [2.75, 3.05) is 13.1 Å². The van der Waals surface area contributed by atoms with Crippen LogP contribution in [0.3, 0.4) is 0 Å². The van der Waals surface area contributed by atoms with Crippen molar-refractivity contribution in [3.8, 4) is 0 Å². The van der Waals surface area contributed by atoms with Crippen molar-refractivity contribution in [1.29, 1.82) is 0 Å². The van der Waals surface area contributed by atoms with Crippen molar-refractivity contribution < 1.29 is 13.6 Å². The maximum atomic E-state index is 13.7. The van der Waals surface area contributed by atoms with Gasteiger partial charge in [0.1, 0.15) is 17.2 Å². The Morgan fingerprint density at radius 1 is 1.28 bits per heavy atom. The predicted octanol–water partition coefficient (Wildman–Crippen LogP) is 2.29. The summed E-state index contributed by atoms with van der Waals surface area (Å²) in [7, 11) is 0. The molecular weight excluding hydrogens is 306 g/mol. The van der Waals surface area contributed by atoms with Crippen LogP contribution >= 0.6 is 15.9 Å². The van der Waals surface area contributed by atoms with Gasteiger partial charge in [-0.2, -0.15) is 0 Å². The van der Waals surface area contributed by atoms with Crippen molar-refractivity contribution in [3.63, 3.8) is 0 Å². The zero-order valence-electron chi connectivity index (χ0n) is 9.63. The van der Waals surface area contributed by atoms with Crippen LogP contribution in [0.5, 0.6) is 0 Å². The Bertz CT molecular complexity index is 450. The van der Waals surface area contributed by atoms with Crippen molar-refractivity contribution in [1.82, 2.24) is 4.90 Å². The van der Waals surface area contributed by atoms with Gasteiger partial charge in [0.05, 0.1) is 0 Å². The van der Waals surface area contributed by atoms with Crippen molar-refractivity contribution >= 4 is 21.8 Å². The van der Waals surface area contributed by atoms with E-state index in [-0.39, 0.29) is 10.5 Å². The normalized spacial score (nSPS) is 17.0. The average molecular weight is 319 g/mol. The van der Waals surface area contributed by atoms with E-state index in [0.717, 1.165) is 12.1 Å². The lowest BCUT2D eigenvalue weighted by atomic mass is 10.0. The number of nitrogens with two attached hydrogens (primary N) is 1. The van der Waals surface area contributed by atoms with Crippen LogP contribution in [0.4, 0.5) is 8.78 Å². The summed E-state index contributed by atoms with van der Waals surface area (Å²) < 4.78 is 27.6. The topological polar surface area (TPSA) is 46.3 Å². The van der Waals surface area contributed by atoms with E-state index in [2.05, 4.69) is 15.9 Å². The number of nitrogens with zero attached hydrogens (tertiary/aromatic N) is 1. The van der Waals surface area contributed by atoms with Crippen molar-refractivity contribution in [3.05, 3.63) is 33.8 Å². The van der Waals surface area contributed by atoms with Crippen LogP contribution in [0.1, 0.15) is 23.2 Å². The number of carbonyl (C=O) groups excluding carboxylic acids is 1. The molecule has 0 unspecified atom stereocenters. The molecule has 1 aromatic rings. The average Bonchev–Trinajstić information content (AvgIpc) is 2.28. The molecule has 1 saturated heterocycles. The Morgan fingerprint density at radius 2 is 1.78 bits per heavy atom. The lowest BCUT2D eigenvalue weighted by Gasteiger charge is -2.30. The maximum Gasteiger partial charge on any atom is 0.259 e. The first-order chi connectivity index (χ1) is 8.49. The van der Waals surface area contributed by atoms with Gasteiger partial charge in [0.2, 0.25) is 0 Å². The van der Waals surface area contributed by atoms with Gasteiger partial charge < -0.3 is 10.6 Å². The van der Waals surface area contributed by atoms with E-state index in [4.69, 9.17) is 5.73 Å². The minimum Gasteiger partial charge on any atom is -0.338 e. The summed E-state index contributed by atoms with van der Waals surface area (Å²) in [5.74, 6) is -2.30. The van der Waals surface area contributed by atoms with E-state index in [1.165, 1.54) is 4.90 Å². The van der Waals surface area contributed by atoms with E-state index in [0.29, 0.717) is 25.9 Å². The minimum absolute atomic E-state index is 0.0636. The second-order valence-electron chi connectivity index (χ2n) is 4.37. The molecule has 0 bridgehead atoms. The highest BCUT2D eigenvalue weighted by Crippen LogP contribution is 2.22. The van der Waals surface area contributed by atoms with Crippen molar-refractivity contribution in [2.45, 2.75) is 18.9 Å². The summed E-state index contributed by atoms with van der Waals surface area (Å²) in [6, 6.07) is 2.24. The molecule has 3 nitrogen and oxygen atoms in total. The fourth-order valence-electron chi connectivity index (χ4n) is 2.01. The molecule has 98 valence electrons. The highest BCUT2D eigenvalue weighted by Gasteiger charge is 2.26. The molecule has 1 aliphatic rings. The third-order valence-corrected chi connectivity index (χ3v) is 3.51. The molecule has 18 heavy (non-hydrogen) atoms. The van der Waals surface area contributed by atoms with Gasteiger partial charge in [0, 0.05) is 23.6 Å². The summed E-state index contributed by atoms with van der Waals surface area (Å²) in [4.78, 5) is 13.5. The summed E-state index contributed by atoms with van der Waals surface area (Å²) in [6.07, 6.45) is 1.32. The highest BCUT2D eigenvalue weighted by molar-refractivity contribution is 9.10. The lowest BCUT2D eigenvalue weighted by Crippen LogP contribution is -2.43. The molecule has 0 spiro atoms. The number of hydrogen-bond acceptors (Lipinski definition) is 2. The van der Waals surface area contributed by atoms with Gasteiger partial charge in [-0.25, -0.2) is 8.78 Å². The number of halogens is 3. The van der Waals surface area contributed by atoms with Crippen LogP contribution in [-0.4, -0.2) is 29.9 Å². The minimum atomic E-state index is -0.846. The van der Waals surface area contributed by atoms with Gasteiger partial charge in [-0.15, -0.1) is 0 Å². The SMILES string of the molecule is NC1CCN(C(=O)c2c(F)cc(Br)cc2F)CC1. The van der Waals surface area contributed by atoms with Gasteiger partial charge in [-0.05, 0) is 25.0 Å². The number of likely N-dealkylation sites (tertiary alicyclic amines) is 1. The predicted molar refractivity (Wildman–Crippen MR) is 67.2 cm³/mol. The van der Waals surface area contributed by atoms with E-state index in [9.17, 15) is 13.6 Å². The zero-order valence-corrected chi connectivity index (χ0v) is 11.2. The Balaban J connectivity index is 2.24. The Morgan fingerprint density at radius 3 is 2.28 bits per heavy atom. The van der Waals surface area contributed by atoms with E-state index in [1.807, 2.05) is 0 Å². The Hall–Kier alpha value is -1.01. The Kier molecular flexibility index (Phi) is 3.97. The monoisotopic (exact) mass is 318 g/mol. The van der Waals surface area contributed by atoms with Crippen LogP contribution in [-0.2, 0) is 0 Å². The van der Waals surface area contributed by atoms with E-state index >= 15 is 0 Å². The molecule has 1 aromatic carbocycles. The third kappa shape index (κ3) is 2.70. The van der Waals surface area contributed by atoms with Crippen LogP contribution in [0.2, 0.25) is 0 Å². The van der Waals surface area contributed by atoms with Crippen LogP contribution in [0, 0.1) is 11.6 Å². The molecule has 1 amide bonds. The van der Waals surface area contributed by atoms with Crippen molar-refractivity contribution in [2.24, 2.45) is 5.73 Å². The fraction of sp³-hybridized carbons (Fsp3) is 0.417. The van der Waals surface area contributed by atoms with E-state index in [1.54, 1.807) is 0 Å². The molecule has 1 aliphatic heterocycles. The first kappa shape index (κ1) is 13.4. The summed E-state index contributed by atoms with van der Waals surface area (Å²) in [5, 5.41) is 0. The molecule has 0 atom stereocenters. The van der Waals surface area contributed by atoms with Gasteiger partial charge in [0.25, 0.3) is 5.91 Å². The van der Waals surface area contributed by atoms with Gasteiger partial charge in [0.15, 0.2) is 0 Å². The first-order valence-electron chi connectivity index (χ1n) is 5.68. The molecule has 6 heteroatoms. The van der Waals surface area contributed by atoms with Gasteiger partial charge in [-0.1, -0.05) is 15.9 Å². The first-order valence-corrected chi connectivity index (χ1v) is 6.47. The standard InChI is InChI=1S/C12H13BrF2N2O/c13-7-5-9(14)11(10(15)6-7)12(18)17-3-1-8(16)2-4-17/h5-6,8H,1-4,16H2. The number of piperidine rings is 1. The van der Waals surface area contributed by atoms with Gasteiger partial charge in [-0.3, -0.25) is 4.79 Å². The number of benzene rings is 1. The molecule has 1 fully saturated rings. The maximum absolute atomic E-state index is 13.7. The molecule has 0 saturated carbocycles. The highest BCUT2D eigenvalue weighted by atomic mass is 79.9. The molecule has 2 N–H and O–H groups in total. The molecule has 2 rings (SSSR count). The number of rotatable bonds is 1. The quantitative estimate of drug-likeness (QED) is 0.863. The number of carbonyl (C=O) groups is 1. The molecule has 0 aromatic heterocycles. The molecular formula is C12H13BrF2N2O. The second-order valence-corrected chi connectivity index (χ2v) is 5.29. The Labute approximate surface area is 112 Å². The van der Waals surface area contributed by atoms with Gasteiger partial charge >= 0.3 is 0 Å². The molecule has 0 aliphatic carbocycles. The van der Waals surface area contributed by atoms with Crippen LogP contribution in [0.25, 0.3) is 0 Å². The third-order valence-electron chi connectivity index (χ3n) is 3.05. The second kappa shape index (κ2) is 5.32. The zero-order chi connectivity index (χ0) is 13.3. The van der Waals surface area contributed by atoms with E-state index < -0.39 is 23.1 Å². The molecule has 0 radical (unpaired) electrons. The summed E-state index contributed by atoms with van der Waals surface area (Å²) >= 11 is 2.98. The smallest absolute Gasteiger partial charge is 0.259 e. The summed E-state index contributed by atoms with van der Waals surface area (Å²) in [6.45, 7) is 0.879. The molecule has 1 heterocycles. The summed E-state index contributed by atoms with van der Waals surface area (Å²) in [5.41, 5.74) is 5.23. The van der Waals surface area contributed by atoms with Crippen LogP contribution in [0.15, 0.2) is 16.6 Å². The largest absolute Gasteiger partial charge is 0.338 e. The number of hydrogen-bond donors (Lipinski definition) is 1. The lowest BCUT2D eigenvalue weighted by molar-refractivity contribution is 0.0705. The number of amides is 1. The fourth-order valence-corrected chi connectivity index (χ4v) is 2.41.